The second-order valence-corrected chi connectivity index (χ2v) is 7.18. The summed E-state index contributed by atoms with van der Waals surface area (Å²) in [5.41, 5.74) is 1.09. The van der Waals surface area contributed by atoms with Crippen LogP contribution in [-0.4, -0.2) is 41.9 Å². The first-order valence-corrected chi connectivity index (χ1v) is 8.85. The standard InChI is InChI=1S/C19H26N2O3/c1-13(2)11-18(22)21-9-7-15(8-10-21)20-19(23)17-12-14-5-3-4-6-16(14)24-17/h3-6,13,15,17H,7-12H2,1-2H3,(H,20,23). The van der Waals surface area contributed by atoms with Gasteiger partial charge in [0.05, 0.1) is 0 Å². The van der Waals surface area contributed by atoms with E-state index in [0.717, 1.165) is 37.2 Å². The van der Waals surface area contributed by atoms with Gasteiger partial charge in [0.15, 0.2) is 6.10 Å². The molecule has 2 aliphatic heterocycles. The van der Waals surface area contributed by atoms with Gasteiger partial charge in [-0.05, 0) is 30.4 Å². The summed E-state index contributed by atoms with van der Waals surface area (Å²) in [6.45, 7) is 5.57. The second kappa shape index (κ2) is 7.24. The predicted molar refractivity (Wildman–Crippen MR) is 91.8 cm³/mol. The number of hydrogen-bond donors (Lipinski definition) is 1. The van der Waals surface area contributed by atoms with Gasteiger partial charge in [-0.15, -0.1) is 0 Å². The summed E-state index contributed by atoms with van der Waals surface area (Å²) in [6.07, 6.45) is 2.44. The Hall–Kier alpha value is -2.04. The predicted octanol–water partition coefficient (Wildman–Crippen LogP) is 2.14. The van der Waals surface area contributed by atoms with Gasteiger partial charge in [0, 0.05) is 32.0 Å². The van der Waals surface area contributed by atoms with E-state index in [1.165, 1.54) is 0 Å². The number of para-hydroxylation sites is 1. The van der Waals surface area contributed by atoms with Crippen molar-refractivity contribution in [2.75, 3.05) is 13.1 Å². The highest BCUT2D eigenvalue weighted by atomic mass is 16.5. The smallest absolute Gasteiger partial charge is 0.261 e. The average molecular weight is 330 g/mol. The van der Waals surface area contributed by atoms with E-state index in [2.05, 4.69) is 19.2 Å². The Labute approximate surface area is 143 Å². The molecule has 1 atom stereocenters. The van der Waals surface area contributed by atoms with Crippen molar-refractivity contribution >= 4 is 11.8 Å². The summed E-state index contributed by atoms with van der Waals surface area (Å²) in [4.78, 5) is 26.4. The Morgan fingerprint density at radius 2 is 1.96 bits per heavy atom. The summed E-state index contributed by atoms with van der Waals surface area (Å²) in [7, 11) is 0. The zero-order chi connectivity index (χ0) is 17.1. The molecule has 0 radical (unpaired) electrons. The first kappa shape index (κ1) is 16.8. The summed E-state index contributed by atoms with van der Waals surface area (Å²) in [6, 6.07) is 7.92. The zero-order valence-corrected chi connectivity index (χ0v) is 14.5. The summed E-state index contributed by atoms with van der Waals surface area (Å²) < 4.78 is 5.74. The molecule has 0 aliphatic carbocycles. The third-order valence-electron chi connectivity index (χ3n) is 4.72. The van der Waals surface area contributed by atoms with Crippen LogP contribution in [0.3, 0.4) is 0 Å². The maximum absolute atomic E-state index is 12.4. The van der Waals surface area contributed by atoms with Crippen LogP contribution in [0.25, 0.3) is 0 Å². The minimum Gasteiger partial charge on any atom is -0.480 e. The molecule has 5 heteroatoms. The van der Waals surface area contributed by atoms with Crippen molar-refractivity contribution in [2.24, 2.45) is 5.92 Å². The molecule has 2 amide bonds. The lowest BCUT2D eigenvalue weighted by molar-refractivity contribution is -0.133. The van der Waals surface area contributed by atoms with E-state index in [0.29, 0.717) is 18.8 Å². The van der Waals surface area contributed by atoms with Gasteiger partial charge in [-0.3, -0.25) is 9.59 Å². The number of hydrogen-bond acceptors (Lipinski definition) is 3. The number of nitrogens with one attached hydrogen (secondary N) is 1. The molecule has 1 fully saturated rings. The number of benzene rings is 1. The van der Waals surface area contributed by atoms with Crippen LogP contribution in [0.4, 0.5) is 0 Å². The number of carbonyl (C=O) groups is 2. The van der Waals surface area contributed by atoms with Crippen LogP contribution in [0.15, 0.2) is 24.3 Å². The number of carbonyl (C=O) groups excluding carboxylic acids is 2. The van der Waals surface area contributed by atoms with Gasteiger partial charge in [0.2, 0.25) is 5.91 Å². The first-order chi connectivity index (χ1) is 11.5. The number of likely N-dealkylation sites (tertiary alicyclic amines) is 1. The van der Waals surface area contributed by atoms with Gasteiger partial charge in [0.1, 0.15) is 5.75 Å². The lowest BCUT2D eigenvalue weighted by atomic mass is 10.0. The lowest BCUT2D eigenvalue weighted by Gasteiger charge is -2.33. The van der Waals surface area contributed by atoms with Crippen LogP contribution in [0.1, 0.15) is 38.7 Å². The molecular formula is C19H26N2O3. The van der Waals surface area contributed by atoms with Gasteiger partial charge in [0.25, 0.3) is 5.91 Å². The summed E-state index contributed by atoms with van der Waals surface area (Å²) in [5.74, 6) is 1.38. The van der Waals surface area contributed by atoms with Crippen LogP contribution in [0.5, 0.6) is 5.75 Å². The molecule has 1 aromatic carbocycles. The summed E-state index contributed by atoms with van der Waals surface area (Å²) in [5, 5.41) is 3.09. The van der Waals surface area contributed by atoms with Crippen molar-refractivity contribution in [3.63, 3.8) is 0 Å². The molecule has 1 unspecified atom stereocenters. The molecule has 0 aromatic heterocycles. The molecule has 24 heavy (non-hydrogen) atoms. The number of rotatable bonds is 4. The highest BCUT2D eigenvalue weighted by Gasteiger charge is 2.31. The molecule has 1 aromatic rings. The molecule has 0 spiro atoms. The van der Waals surface area contributed by atoms with E-state index in [4.69, 9.17) is 4.74 Å². The van der Waals surface area contributed by atoms with Crippen molar-refractivity contribution in [1.29, 1.82) is 0 Å². The molecular weight excluding hydrogens is 304 g/mol. The Morgan fingerprint density at radius 1 is 1.25 bits per heavy atom. The molecule has 5 nitrogen and oxygen atoms in total. The number of nitrogens with zero attached hydrogens (tertiary/aromatic N) is 1. The van der Waals surface area contributed by atoms with Crippen molar-refractivity contribution in [1.82, 2.24) is 10.2 Å². The molecule has 130 valence electrons. The van der Waals surface area contributed by atoms with Crippen LogP contribution >= 0.6 is 0 Å². The Balaban J connectivity index is 1.45. The Morgan fingerprint density at radius 3 is 2.62 bits per heavy atom. The Bertz CT molecular complexity index is 581. The van der Waals surface area contributed by atoms with Crippen molar-refractivity contribution in [2.45, 2.75) is 51.7 Å². The fraction of sp³-hybridized carbons (Fsp3) is 0.579. The number of amides is 2. The lowest BCUT2D eigenvalue weighted by Crippen LogP contribution is -2.49. The fourth-order valence-corrected chi connectivity index (χ4v) is 3.37. The third-order valence-corrected chi connectivity index (χ3v) is 4.72. The Kier molecular flexibility index (Phi) is 5.07. The fourth-order valence-electron chi connectivity index (χ4n) is 3.37. The molecule has 3 rings (SSSR count). The molecule has 1 N–H and O–H groups in total. The zero-order valence-electron chi connectivity index (χ0n) is 14.5. The van der Waals surface area contributed by atoms with Gasteiger partial charge in [-0.25, -0.2) is 0 Å². The quantitative estimate of drug-likeness (QED) is 0.920. The van der Waals surface area contributed by atoms with E-state index < -0.39 is 6.10 Å². The van der Waals surface area contributed by atoms with Crippen LogP contribution in [0.2, 0.25) is 0 Å². The van der Waals surface area contributed by atoms with E-state index >= 15 is 0 Å². The summed E-state index contributed by atoms with van der Waals surface area (Å²) >= 11 is 0. The van der Waals surface area contributed by atoms with Gasteiger partial charge >= 0.3 is 0 Å². The highest BCUT2D eigenvalue weighted by Crippen LogP contribution is 2.28. The van der Waals surface area contributed by atoms with Gasteiger partial charge < -0.3 is 15.0 Å². The average Bonchev–Trinajstić information content (AvgIpc) is 2.99. The molecule has 0 saturated carbocycles. The minimum atomic E-state index is -0.428. The van der Waals surface area contributed by atoms with Crippen molar-refractivity contribution in [3.05, 3.63) is 29.8 Å². The largest absolute Gasteiger partial charge is 0.480 e. The topological polar surface area (TPSA) is 58.6 Å². The van der Waals surface area contributed by atoms with E-state index in [1.54, 1.807) is 0 Å². The second-order valence-electron chi connectivity index (χ2n) is 7.18. The number of piperidine rings is 1. The maximum Gasteiger partial charge on any atom is 0.261 e. The van der Waals surface area contributed by atoms with Gasteiger partial charge in [-0.2, -0.15) is 0 Å². The molecule has 2 heterocycles. The highest BCUT2D eigenvalue weighted by molar-refractivity contribution is 5.83. The van der Waals surface area contributed by atoms with E-state index in [1.807, 2.05) is 29.2 Å². The molecule has 0 bridgehead atoms. The van der Waals surface area contributed by atoms with Crippen LogP contribution < -0.4 is 10.1 Å². The van der Waals surface area contributed by atoms with E-state index in [9.17, 15) is 9.59 Å². The first-order valence-electron chi connectivity index (χ1n) is 8.85. The van der Waals surface area contributed by atoms with Crippen molar-refractivity contribution in [3.8, 4) is 5.75 Å². The number of fused-ring (bicyclic) bond motifs is 1. The number of ether oxygens (including phenoxy) is 1. The normalized spacial score (nSPS) is 20.6. The van der Waals surface area contributed by atoms with Gasteiger partial charge in [-0.1, -0.05) is 32.0 Å². The van der Waals surface area contributed by atoms with Crippen molar-refractivity contribution < 1.29 is 14.3 Å². The maximum atomic E-state index is 12.4. The molecule has 1 saturated heterocycles. The monoisotopic (exact) mass is 330 g/mol. The minimum absolute atomic E-state index is 0.0434. The van der Waals surface area contributed by atoms with Crippen LogP contribution in [-0.2, 0) is 16.0 Å². The van der Waals surface area contributed by atoms with Crippen LogP contribution in [0, 0.1) is 5.92 Å². The SMILES string of the molecule is CC(C)CC(=O)N1CCC(NC(=O)C2Cc3ccccc3O2)CC1. The third kappa shape index (κ3) is 3.89. The van der Waals surface area contributed by atoms with E-state index in [-0.39, 0.29) is 17.9 Å². The molecule has 2 aliphatic rings.